The third kappa shape index (κ3) is 3.97. The Hall–Kier alpha value is -2.73. The predicted octanol–water partition coefficient (Wildman–Crippen LogP) is 4.54. The van der Waals surface area contributed by atoms with Crippen molar-refractivity contribution in [3.63, 3.8) is 0 Å². The van der Waals surface area contributed by atoms with E-state index in [4.69, 9.17) is 4.74 Å². The molecule has 5 nitrogen and oxygen atoms in total. The number of amides is 1. The third-order valence-corrected chi connectivity index (χ3v) is 4.15. The van der Waals surface area contributed by atoms with Gasteiger partial charge in [0.25, 0.3) is 5.91 Å². The molecule has 0 saturated carbocycles. The van der Waals surface area contributed by atoms with Crippen LogP contribution in [0.25, 0.3) is 0 Å². The highest BCUT2D eigenvalue weighted by Crippen LogP contribution is 2.26. The van der Waals surface area contributed by atoms with Gasteiger partial charge in [0.15, 0.2) is 0 Å². The maximum absolute atomic E-state index is 12.5. The van der Waals surface area contributed by atoms with Crippen molar-refractivity contribution in [1.82, 2.24) is 10.2 Å². The van der Waals surface area contributed by atoms with Crippen LogP contribution in [0.5, 0.6) is 11.5 Å². The molecule has 0 spiro atoms. The number of carbonyl (C=O) groups is 1. The number of nitrogens with one attached hydrogen (secondary N) is 1. The second-order valence-corrected chi connectivity index (χ2v) is 6.18. The number of para-hydroxylation sites is 2. The molecule has 0 aliphatic carbocycles. The lowest BCUT2D eigenvalue weighted by atomic mass is 10.2. The number of aryl methyl sites for hydroxylation is 1. The zero-order valence-electron chi connectivity index (χ0n) is 13.2. The number of hydrogen-bond donors (Lipinski definition) is 1. The van der Waals surface area contributed by atoms with Gasteiger partial charge in [-0.15, -0.1) is 10.2 Å². The first-order valence-electron chi connectivity index (χ1n) is 7.72. The van der Waals surface area contributed by atoms with Gasteiger partial charge in [0, 0.05) is 6.42 Å². The number of anilines is 1. The van der Waals surface area contributed by atoms with E-state index in [1.165, 1.54) is 11.3 Å². The van der Waals surface area contributed by atoms with Gasteiger partial charge in [0.1, 0.15) is 16.5 Å². The second-order valence-electron chi connectivity index (χ2n) is 5.12. The van der Waals surface area contributed by atoms with Crippen LogP contribution in [0.3, 0.4) is 0 Å². The van der Waals surface area contributed by atoms with E-state index in [1.807, 2.05) is 36.4 Å². The summed E-state index contributed by atoms with van der Waals surface area (Å²) in [5.41, 5.74) is 0.452. The standard InChI is InChI=1S/C18H17N3O2S/c1-2-8-16-20-21-18(24-16)19-17(22)14-11-6-7-12-15(14)23-13-9-4-3-5-10-13/h3-7,9-12H,2,8H2,1H3,(H,19,21,22). The molecule has 6 heteroatoms. The van der Waals surface area contributed by atoms with Crippen LogP contribution < -0.4 is 10.1 Å². The van der Waals surface area contributed by atoms with Crippen molar-refractivity contribution < 1.29 is 9.53 Å². The minimum Gasteiger partial charge on any atom is -0.457 e. The van der Waals surface area contributed by atoms with Crippen LogP contribution in [0.2, 0.25) is 0 Å². The first-order chi connectivity index (χ1) is 11.8. The van der Waals surface area contributed by atoms with Gasteiger partial charge in [0.05, 0.1) is 5.56 Å². The molecular formula is C18H17N3O2S. The predicted molar refractivity (Wildman–Crippen MR) is 94.8 cm³/mol. The number of carbonyl (C=O) groups excluding carboxylic acids is 1. The minimum absolute atomic E-state index is 0.263. The van der Waals surface area contributed by atoms with E-state index in [2.05, 4.69) is 22.4 Å². The molecule has 1 heterocycles. The maximum atomic E-state index is 12.5. The molecule has 0 unspecified atom stereocenters. The molecule has 2 aromatic carbocycles. The number of rotatable bonds is 6. The van der Waals surface area contributed by atoms with Crippen molar-refractivity contribution in [2.45, 2.75) is 19.8 Å². The van der Waals surface area contributed by atoms with Gasteiger partial charge in [-0.05, 0) is 30.7 Å². The lowest BCUT2D eigenvalue weighted by Gasteiger charge is -2.10. The molecule has 0 aliphatic rings. The number of ether oxygens (including phenoxy) is 1. The molecule has 122 valence electrons. The summed E-state index contributed by atoms with van der Waals surface area (Å²) in [7, 11) is 0. The smallest absolute Gasteiger partial charge is 0.261 e. The third-order valence-electron chi connectivity index (χ3n) is 3.25. The van der Waals surface area contributed by atoms with E-state index in [1.54, 1.807) is 18.2 Å². The normalized spacial score (nSPS) is 10.4. The Balaban J connectivity index is 1.77. The van der Waals surface area contributed by atoms with E-state index < -0.39 is 0 Å². The van der Waals surface area contributed by atoms with Crippen molar-refractivity contribution in [1.29, 1.82) is 0 Å². The van der Waals surface area contributed by atoms with Crippen LogP contribution in [0.15, 0.2) is 54.6 Å². The summed E-state index contributed by atoms with van der Waals surface area (Å²) < 4.78 is 5.82. The fourth-order valence-electron chi connectivity index (χ4n) is 2.14. The van der Waals surface area contributed by atoms with Crippen molar-refractivity contribution in [3.05, 3.63) is 65.2 Å². The fourth-order valence-corrected chi connectivity index (χ4v) is 2.98. The van der Waals surface area contributed by atoms with Crippen LogP contribution in [-0.4, -0.2) is 16.1 Å². The Labute approximate surface area is 144 Å². The Bertz CT molecular complexity index is 818. The fraction of sp³-hybridized carbons (Fsp3) is 0.167. The van der Waals surface area contributed by atoms with Crippen LogP contribution >= 0.6 is 11.3 Å². The van der Waals surface area contributed by atoms with Gasteiger partial charge in [-0.25, -0.2) is 0 Å². The molecule has 0 aliphatic heterocycles. The van der Waals surface area contributed by atoms with Gasteiger partial charge in [-0.3, -0.25) is 10.1 Å². The average Bonchev–Trinajstić information content (AvgIpc) is 3.03. The van der Waals surface area contributed by atoms with E-state index in [-0.39, 0.29) is 5.91 Å². The molecule has 0 saturated heterocycles. The Kier molecular flexibility index (Phi) is 5.18. The van der Waals surface area contributed by atoms with Gasteiger partial charge < -0.3 is 4.74 Å². The summed E-state index contributed by atoms with van der Waals surface area (Å²) in [6.07, 6.45) is 1.86. The summed E-state index contributed by atoms with van der Waals surface area (Å²) >= 11 is 1.40. The number of benzene rings is 2. The summed E-state index contributed by atoms with van der Waals surface area (Å²) in [6.45, 7) is 2.08. The highest BCUT2D eigenvalue weighted by Gasteiger charge is 2.15. The van der Waals surface area contributed by atoms with E-state index in [9.17, 15) is 4.79 Å². The molecule has 0 atom stereocenters. The Morgan fingerprint density at radius 1 is 1.08 bits per heavy atom. The average molecular weight is 339 g/mol. The second kappa shape index (κ2) is 7.70. The largest absolute Gasteiger partial charge is 0.457 e. The first-order valence-corrected chi connectivity index (χ1v) is 8.53. The van der Waals surface area contributed by atoms with Crippen molar-refractivity contribution in [2.24, 2.45) is 0 Å². The van der Waals surface area contributed by atoms with Crippen molar-refractivity contribution in [3.8, 4) is 11.5 Å². The SMILES string of the molecule is CCCc1nnc(NC(=O)c2ccccc2Oc2ccccc2)s1. The van der Waals surface area contributed by atoms with Crippen LogP contribution in [0.1, 0.15) is 28.7 Å². The molecule has 0 fully saturated rings. The summed E-state index contributed by atoms with van der Waals surface area (Å²) in [5, 5.41) is 12.3. The zero-order chi connectivity index (χ0) is 16.8. The van der Waals surface area contributed by atoms with Crippen LogP contribution in [-0.2, 0) is 6.42 Å². The van der Waals surface area contributed by atoms with E-state index in [0.717, 1.165) is 17.8 Å². The number of hydrogen-bond acceptors (Lipinski definition) is 5. The summed E-state index contributed by atoms with van der Waals surface area (Å²) in [4.78, 5) is 12.5. The van der Waals surface area contributed by atoms with Gasteiger partial charge in [-0.2, -0.15) is 0 Å². The first kappa shape index (κ1) is 16.1. The highest BCUT2D eigenvalue weighted by atomic mass is 32.1. The zero-order valence-corrected chi connectivity index (χ0v) is 14.0. The summed E-state index contributed by atoms with van der Waals surface area (Å²) in [5.74, 6) is 0.916. The molecule has 3 rings (SSSR count). The molecule has 1 N–H and O–H groups in total. The lowest BCUT2D eigenvalue weighted by molar-refractivity contribution is 0.102. The van der Waals surface area contributed by atoms with E-state index in [0.29, 0.717) is 22.2 Å². The van der Waals surface area contributed by atoms with Crippen LogP contribution in [0.4, 0.5) is 5.13 Å². The van der Waals surface area contributed by atoms with Crippen molar-refractivity contribution in [2.75, 3.05) is 5.32 Å². The van der Waals surface area contributed by atoms with Crippen LogP contribution in [0, 0.1) is 0 Å². The lowest BCUT2D eigenvalue weighted by Crippen LogP contribution is -2.12. The minimum atomic E-state index is -0.263. The molecule has 24 heavy (non-hydrogen) atoms. The molecule has 1 aromatic heterocycles. The van der Waals surface area contributed by atoms with Gasteiger partial charge in [-0.1, -0.05) is 48.6 Å². The molecule has 1 amide bonds. The van der Waals surface area contributed by atoms with E-state index >= 15 is 0 Å². The molecule has 3 aromatic rings. The van der Waals surface area contributed by atoms with Crippen molar-refractivity contribution >= 4 is 22.4 Å². The van der Waals surface area contributed by atoms with Gasteiger partial charge in [0.2, 0.25) is 5.13 Å². The topological polar surface area (TPSA) is 64.1 Å². The quantitative estimate of drug-likeness (QED) is 0.716. The highest BCUT2D eigenvalue weighted by molar-refractivity contribution is 7.15. The molecule has 0 radical (unpaired) electrons. The Morgan fingerprint density at radius 3 is 2.62 bits per heavy atom. The number of aromatic nitrogens is 2. The monoisotopic (exact) mass is 339 g/mol. The Morgan fingerprint density at radius 2 is 1.83 bits per heavy atom. The summed E-state index contributed by atoms with van der Waals surface area (Å²) in [6, 6.07) is 16.5. The number of nitrogens with zero attached hydrogens (tertiary/aromatic N) is 2. The van der Waals surface area contributed by atoms with Gasteiger partial charge >= 0.3 is 0 Å². The molecular weight excluding hydrogens is 322 g/mol. The maximum Gasteiger partial charge on any atom is 0.261 e. The molecule has 0 bridgehead atoms.